The van der Waals surface area contributed by atoms with Crippen LogP contribution in [0.25, 0.3) is 10.4 Å². The van der Waals surface area contributed by atoms with E-state index >= 15 is 0 Å². The highest BCUT2D eigenvalue weighted by Gasteiger charge is 2.30. The van der Waals surface area contributed by atoms with Gasteiger partial charge in [0.15, 0.2) is 5.13 Å². The number of thiazole rings is 1. The van der Waals surface area contributed by atoms with Crippen LogP contribution in [-0.2, 0) is 23.8 Å². The minimum atomic E-state index is -4.37. The van der Waals surface area contributed by atoms with Crippen LogP contribution in [0.15, 0.2) is 42.5 Å². The van der Waals surface area contributed by atoms with Crippen molar-refractivity contribution in [2.75, 3.05) is 17.2 Å². The third kappa shape index (κ3) is 6.19. The molecular weight excluding hydrogens is 477 g/mol. The smallest absolute Gasteiger partial charge is 0.381 e. The third-order valence-corrected chi connectivity index (χ3v) is 6.38. The van der Waals surface area contributed by atoms with Gasteiger partial charge in [-0.15, -0.1) is 0 Å². The number of carbonyl (C=O) groups is 1. The number of alkyl halides is 3. The molecule has 1 unspecified atom stereocenters. The molecule has 6 nitrogen and oxygen atoms in total. The second-order valence-electron chi connectivity index (χ2n) is 8.28. The lowest BCUT2D eigenvalue weighted by molar-refractivity contribution is -0.137. The van der Waals surface area contributed by atoms with Gasteiger partial charge >= 0.3 is 6.18 Å². The summed E-state index contributed by atoms with van der Waals surface area (Å²) in [4.78, 5) is 17.0. The molecule has 0 fully saturated rings. The van der Waals surface area contributed by atoms with Crippen LogP contribution in [0, 0.1) is 11.8 Å². The molecule has 1 amide bonds. The molecule has 10 heteroatoms. The molecule has 182 valence electrons. The predicted molar refractivity (Wildman–Crippen MR) is 130 cm³/mol. The molecule has 4 rings (SSSR count). The zero-order chi connectivity index (χ0) is 25.2. The third-order valence-electron chi connectivity index (χ3n) is 5.31. The molecule has 5 N–H and O–H groups in total. The summed E-state index contributed by atoms with van der Waals surface area (Å²) < 4.78 is 38.2. The molecule has 0 bridgehead atoms. The molecule has 0 saturated heterocycles. The lowest BCUT2D eigenvalue weighted by Crippen LogP contribution is -2.31. The van der Waals surface area contributed by atoms with Crippen LogP contribution in [0.4, 0.5) is 24.0 Å². The Morgan fingerprint density at radius 1 is 1.26 bits per heavy atom. The largest absolute Gasteiger partial charge is 0.416 e. The number of aliphatic hydroxyl groups is 1. The highest BCUT2D eigenvalue weighted by Crippen LogP contribution is 2.36. The van der Waals surface area contributed by atoms with E-state index in [1.165, 1.54) is 23.5 Å². The SMILES string of the molecule is CC(O)C#Cc1nc(NC[C@H](N)Cc2ccc(C(F)(F)F)cc2)sc1-c1ccc2c(c1)CC(=O)N2. The van der Waals surface area contributed by atoms with Crippen LogP contribution in [0.3, 0.4) is 0 Å². The van der Waals surface area contributed by atoms with E-state index in [0.29, 0.717) is 35.8 Å². The second-order valence-corrected chi connectivity index (χ2v) is 9.28. The summed E-state index contributed by atoms with van der Waals surface area (Å²) in [5, 5.41) is 16.1. The minimum Gasteiger partial charge on any atom is -0.381 e. The average molecular weight is 501 g/mol. The van der Waals surface area contributed by atoms with Gasteiger partial charge in [-0.1, -0.05) is 35.5 Å². The van der Waals surface area contributed by atoms with Gasteiger partial charge in [0.1, 0.15) is 11.8 Å². The molecule has 0 aliphatic carbocycles. The summed E-state index contributed by atoms with van der Waals surface area (Å²) in [6, 6.07) is 10.3. The normalized spacial score (nSPS) is 14.5. The highest BCUT2D eigenvalue weighted by molar-refractivity contribution is 7.19. The molecule has 0 radical (unpaired) electrons. The molecule has 2 atom stereocenters. The fourth-order valence-electron chi connectivity index (χ4n) is 3.64. The Hall–Kier alpha value is -3.39. The average Bonchev–Trinajstić information content (AvgIpc) is 3.37. The van der Waals surface area contributed by atoms with Crippen molar-refractivity contribution in [2.45, 2.75) is 38.1 Å². The first kappa shape index (κ1) is 24.7. The van der Waals surface area contributed by atoms with E-state index < -0.39 is 17.8 Å². The van der Waals surface area contributed by atoms with Crippen molar-refractivity contribution >= 4 is 28.1 Å². The van der Waals surface area contributed by atoms with Crippen LogP contribution in [0.1, 0.15) is 29.3 Å². The number of nitrogens with one attached hydrogen (secondary N) is 2. The van der Waals surface area contributed by atoms with Crippen molar-refractivity contribution in [3.05, 3.63) is 64.8 Å². The van der Waals surface area contributed by atoms with Gasteiger partial charge in [0.2, 0.25) is 5.91 Å². The molecule has 0 spiro atoms. The number of carbonyl (C=O) groups excluding carboxylic acids is 1. The van der Waals surface area contributed by atoms with Crippen LogP contribution in [0.2, 0.25) is 0 Å². The maximum absolute atomic E-state index is 12.7. The van der Waals surface area contributed by atoms with E-state index in [1.807, 2.05) is 18.2 Å². The van der Waals surface area contributed by atoms with E-state index in [1.54, 1.807) is 6.92 Å². The van der Waals surface area contributed by atoms with Crippen LogP contribution in [-0.4, -0.2) is 34.7 Å². The topological polar surface area (TPSA) is 100 Å². The summed E-state index contributed by atoms with van der Waals surface area (Å²) in [6.07, 6.45) is -4.49. The second kappa shape index (κ2) is 10.1. The number of benzene rings is 2. The van der Waals surface area contributed by atoms with E-state index in [0.717, 1.165) is 33.8 Å². The van der Waals surface area contributed by atoms with Gasteiger partial charge in [-0.05, 0) is 60.2 Å². The van der Waals surface area contributed by atoms with E-state index in [2.05, 4.69) is 27.5 Å². The first-order valence-corrected chi connectivity index (χ1v) is 11.7. The fraction of sp³-hybridized carbons (Fsp3) is 0.280. The van der Waals surface area contributed by atoms with Crippen LogP contribution in [0.5, 0.6) is 0 Å². The highest BCUT2D eigenvalue weighted by atomic mass is 32.1. The van der Waals surface area contributed by atoms with Crippen molar-refractivity contribution in [2.24, 2.45) is 5.73 Å². The molecule has 3 aromatic rings. The monoisotopic (exact) mass is 500 g/mol. The zero-order valence-electron chi connectivity index (χ0n) is 18.7. The van der Waals surface area contributed by atoms with Crippen LogP contribution < -0.4 is 16.4 Å². The lowest BCUT2D eigenvalue weighted by atomic mass is 10.0. The standard InChI is InChI=1S/C25H23F3N4O2S/c1-14(33)2-8-21-23(16-5-9-20-17(11-16)12-22(34)31-20)35-24(32-21)30-13-19(29)10-15-3-6-18(7-4-15)25(26,27)28/h3-7,9,11,14,19,33H,10,12-13,29H2,1H3,(H,30,32)(H,31,34)/t14?,19-/m1/s1. The number of fused-ring (bicyclic) bond motifs is 1. The van der Waals surface area contributed by atoms with Gasteiger partial charge in [0.25, 0.3) is 0 Å². The summed E-state index contributed by atoms with van der Waals surface area (Å²) in [7, 11) is 0. The van der Waals surface area contributed by atoms with E-state index in [-0.39, 0.29) is 11.9 Å². The van der Waals surface area contributed by atoms with E-state index in [4.69, 9.17) is 5.73 Å². The quantitative estimate of drug-likeness (QED) is 0.383. The van der Waals surface area contributed by atoms with Gasteiger partial charge in [0.05, 0.1) is 16.9 Å². The molecule has 35 heavy (non-hydrogen) atoms. The maximum atomic E-state index is 12.7. The van der Waals surface area contributed by atoms with E-state index in [9.17, 15) is 23.1 Å². The minimum absolute atomic E-state index is 0.0556. The van der Waals surface area contributed by atoms with Crippen molar-refractivity contribution < 1.29 is 23.1 Å². The Kier molecular flexibility index (Phi) is 7.12. The van der Waals surface area contributed by atoms with Crippen molar-refractivity contribution in [1.82, 2.24) is 4.98 Å². The van der Waals surface area contributed by atoms with Gasteiger partial charge in [-0.3, -0.25) is 4.79 Å². The number of nitrogens with zero attached hydrogens (tertiary/aromatic N) is 1. The Labute approximate surface area is 204 Å². The number of nitrogens with two attached hydrogens (primary N) is 1. The number of aliphatic hydroxyl groups excluding tert-OH is 1. The van der Waals surface area contributed by atoms with Crippen molar-refractivity contribution in [3.8, 4) is 22.3 Å². The number of anilines is 2. The zero-order valence-corrected chi connectivity index (χ0v) is 19.6. The summed E-state index contributed by atoms with van der Waals surface area (Å²) >= 11 is 1.37. The number of hydrogen-bond acceptors (Lipinski definition) is 6. The summed E-state index contributed by atoms with van der Waals surface area (Å²) in [5.41, 5.74) is 9.24. The Balaban J connectivity index is 1.48. The number of rotatable bonds is 6. The first-order chi connectivity index (χ1) is 16.6. The number of aromatic nitrogens is 1. The Bertz CT molecular complexity index is 1290. The molecule has 1 aromatic heterocycles. The van der Waals surface area contributed by atoms with Gasteiger partial charge in [-0.25, -0.2) is 4.98 Å². The fourth-order valence-corrected chi connectivity index (χ4v) is 4.57. The predicted octanol–water partition coefficient (Wildman–Crippen LogP) is 4.04. The van der Waals surface area contributed by atoms with Gasteiger partial charge in [0, 0.05) is 18.3 Å². The van der Waals surface area contributed by atoms with Gasteiger partial charge < -0.3 is 21.5 Å². The van der Waals surface area contributed by atoms with Crippen molar-refractivity contribution in [3.63, 3.8) is 0 Å². The molecule has 0 saturated carbocycles. The summed E-state index contributed by atoms with van der Waals surface area (Å²) in [6.45, 7) is 1.91. The Morgan fingerprint density at radius 3 is 2.69 bits per heavy atom. The molecule has 2 heterocycles. The first-order valence-electron chi connectivity index (χ1n) is 10.9. The number of halogens is 3. The van der Waals surface area contributed by atoms with Crippen LogP contribution >= 0.6 is 11.3 Å². The summed E-state index contributed by atoms with van der Waals surface area (Å²) in [5.74, 6) is 5.56. The number of hydrogen-bond donors (Lipinski definition) is 4. The molecule has 1 aliphatic rings. The van der Waals surface area contributed by atoms with Crippen molar-refractivity contribution in [1.29, 1.82) is 0 Å². The molecular formula is C25H23F3N4O2S. The molecule has 2 aromatic carbocycles. The maximum Gasteiger partial charge on any atom is 0.416 e. The van der Waals surface area contributed by atoms with Gasteiger partial charge in [-0.2, -0.15) is 13.2 Å². The Morgan fingerprint density at radius 2 is 2.00 bits per heavy atom. The number of amides is 1. The molecule has 1 aliphatic heterocycles. The lowest BCUT2D eigenvalue weighted by Gasteiger charge is -2.13.